The summed E-state index contributed by atoms with van der Waals surface area (Å²) in [5.74, 6) is -1.20. The molecule has 18 heavy (non-hydrogen) atoms. The molecule has 2 rings (SSSR count). The summed E-state index contributed by atoms with van der Waals surface area (Å²) in [5.41, 5.74) is 0.950. The van der Waals surface area contributed by atoms with E-state index in [9.17, 15) is 13.2 Å². The molecule has 1 atom stereocenters. The first-order chi connectivity index (χ1) is 8.40. The van der Waals surface area contributed by atoms with Crippen LogP contribution in [0, 0.1) is 12.8 Å². The maximum absolute atomic E-state index is 12.0. The molecule has 0 aliphatic heterocycles. The SMILES string of the molecule is Cc1ccc(S(=O)(=O)NC(C(=O)O)C2CC2)cc1. The predicted octanol–water partition coefficient (Wildman–Crippen LogP) is 1.14. The third-order valence-corrected chi connectivity index (χ3v) is 4.43. The van der Waals surface area contributed by atoms with Crippen LogP contribution in [0.3, 0.4) is 0 Å². The minimum Gasteiger partial charge on any atom is -0.480 e. The molecule has 98 valence electrons. The van der Waals surface area contributed by atoms with E-state index in [0.717, 1.165) is 18.4 Å². The molecule has 1 aliphatic rings. The number of benzene rings is 1. The Bertz CT molecular complexity index is 546. The Morgan fingerprint density at radius 3 is 2.33 bits per heavy atom. The van der Waals surface area contributed by atoms with E-state index in [4.69, 9.17) is 5.11 Å². The largest absolute Gasteiger partial charge is 0.480 e. The molecule has 1 aliphatic carbocycles. The Balaban J connectivity index is 2.20. The van der Waals surface area contributed by atoms with Gasteiger partial charge in [0.25, 0.3) is 0 Å². The fourth-order valence-corrected chi connectivity index (χ4v) is 2.99. The highest BCUT2D eigenvalue weighted by atomic mass is 32.2. The number of aryl methyl sites for hydroxylation is 1. The second-order valence-corrected chi connectivity index (χ2v) is 6.30. The van der Waals surface area contributed by atoms with Crippen LogP contribution in [0.4, 0.5) is 0 Å². The van der Waals surface area contributed by atoms with Crippen molar-refractivity contribution in [2.24, 2.45) is 5.92 Å². The minimum atomic E-state index is -3.76. The lowest BCUT2D eigenvalue weighted by molar-refractivity contribution is -0.139. The number of sulfonamides is 1. The Labute approximate surface area is 106 Å². The van der Waals surface area contributed by atoms with Crippen LogP contribution >= 0.6 is 0 Å². The molecule has 0 heterocycles. The summed E-state index contributed by atoms with van der Waals surface area (Å²) in [6.45, 7) is 1.86. The molecule has 1 fully saturated rings. The summed E-state index contributed by atoms with van der Waals surface area (Å²) < 4.78 is 26.3. The maximum atomic E-state index is 12.0. The molecular weight excluding hydrogens is 254 g/mol. The lowest BCUT2D eigenvalue weighted by atomic mass is 10.2. The van der Waals surface area contributed by atoms with Gasteiger partial charge in [-0.15, -0.1) is 0 Å². The molecule has 6 heteroatoms. The van der Waals surface area contributed by atoms with E-state index >= 15 is 0 Å². The lowest BCUT2D eigenvalue weighted by Gasteiger charge is -2.14. The van der Waals surface area contributed by atoms with Crippen LogP contribution in [-0.2, 0) is 14.8 Å². The van der Waals surface area contributed by atoms with E-state index in [2.05, 4.69) is 4.72 Å². The van der Waals surface area contributed by atoms with E-state index in [0.29, 0.717) is 0 Å². The number of nitrogens with one attached hydrogen (secondary N) is 1. The average Bonchev–Trinajstić information content (AvgIpc) is 3.10. The van der Waals surface area contributed by atoms with Crippen molar-refractivity contribution in [1.29, 1.82) is 0 Å². The molecular formula is C12H15NO4S. The number of hydrogen-bond acceptors (Lipinski definition) is 3. The van der Waals surface area contributed by atoms with E-state index in [1.54, 1.807) is 12.1 Å². The van der Waals surface area contributed by atoms with Crippen molar-refractivity contribution in [3.05, 3.63) is 29.8 Å². The highest BCUT2D eigenvalue weighted by Crippen LogP contribution is 2.33. The van der Waals surface area contributed by atoms with Crippen molar-refractivity contribution >= 4 is 16.0 Å². The van der Waals surface area contributed by atoms with Gasteiger partial charge in [0.1, 0.15) is 6.04 Å². The van der Waals surface area contributed by atoms with E-state index < -0.39 is 22.0 Å². The highest BCUT2D eigenvalue weighted by molar-refractivity contribution is 7.89. The summed E-state index contributed by atoms with van der Waals surface area (Å²) in [6.07, 6.45) is 1.51. The molecule has 0 amide bonds. The smallest absolute Gasteiger partial charge is 0.322 e. The molecule has 0 spiro atoms. The molecule has 2 N–H and O–H groups in total. The van der Waals surface area contributed by atoms with Crippen LogP contribution in [0.15, 0.2) is 29.2 Å². The van der Waals surface area contributed by atoms with Crippen molar-refractivity contribution in [2.45, 2.75) is 30.7 Å². The monoisotopic (exact) mass is 269 g/mol. The lowest BCUT2D eigenvalue weighted by Crippen LogP contribution is -2.42. The van der Waals surface area contributed by atoms with Crippen molar-refractivity contribution in [3.8, 4) is 0 Å². The van der Waals surface area contributed by atoms with Crippen molar-refractivity contribution < 1.29 is 18.3 Å². The normalized spacial score (nSPS) is 17.4. The molecule has 1 unspecified atom stereocenters. The van der Waals surface area contributed by atoms with Gasteiger partial charge in [-0.05, 0) is 37.8 Å². The Morgan fingerprint density at radius 1 is 1.33 bits per heavy atom. The number of carboxylic acid groups (broad SMARTS) is 1. The first-order valence-corrected chi connectivity index (χ1v) is 7.20. The first-order valence-electron chi connectivity index (χ1n) is 5.72. The van der Waals surface area contributed by atoms with Crippen LogP contribution in [0.5, 0.6) is 0 Å². The molecule has 1 saturated carbocycles. The topological polar surface area (TPSA) is 83.5 Å². The van der Waals surface area contributed by atoms with Crippen molar-refractivity contribution in [1.82, 2.24) is 4.72 Å². The van der Waals surface area contributed by atoms with Gasteiger partial charge in [0, 0.05) is 0 Å². The zero-order chi connectivity index (χ0) is 13.3. The van der Waals surface area contributed by atoms with Crippen LogP contribution < -0.4 is 4.72 Å². The van der Waals surface area contributed by atoms with E-state index in [1.807, 2.05) is 6.92 Å². The zero-order valence-corrected chi connectivity index (χ0v) is 10.8. The van der Waals surface area contributed by atoms with Crippen LogP contribution in [-0.4, -0.2) is 25.5 Å². The second-order valence-electron chi connectivity index (χ2n) is 4.59. The van der Waals surface area contributed by atoms with Crippen molar-refractivity contribution in [3.63, 3.8) is 0 Å². The van der Waals surface area contributed by atoms with Gasteiger partial charge in [-0.3, -0.25) is 4.79 Å². The van der Waals surface area contributed by atoms with Gasteiger partial charge in [0.2, 0.25) is 10.0 Å². The van der Waals surface area contributed by atoms with Gasteiger partial charge in [0.05, 0.1) is 4.90 Å². The standard InChI is InChI=1S/C12H15NO4S/c1-8-2-6-10(7-3-8)18(16,17)13-11(12(14)15)9-4-5-9/h2-3,6-7,9,11,13H,4-5H2,1H3,(H,14,15). The summed E-state index contributed by atoms with van der Waals surface area (Å²) in [4.78, 5) is 11.1. The third kappa shape index (κ3) is 2.88. The van der Waals surface area contributed by atoms with Gasteiger partial charge in [0.15, 0.2) is 0 Å². The fourth-order valence-electron chi connectivity index (χ4n) is 1.73. The molecule has 0 saturated heterocycles. The van der Waals surface area contributed by atoms with Gasteiger partial charge < -0.3 is 5.11 Å². The molecule has 1 aromatic carbocycles. The molecule has 0 radical (unpaired) electrons. The Morgan fingerprint density at radius 2 is 1.89 bits per heavy atom. The maximum Gasteiger partial charge on any atom is 0.322 e. The van der Waals surface area contributed by atoms with Crippen LogP contribution in [0.2, 0.25) is 0 Å². The van der Waals surface area contributed by atoms with E-state index in [-0.39, 0.29) is 10.8 Å². The van der Waals surface area contributed by atoms with Gasteiger partial charge in [-0.2, -0.15) is 4.72 Å². The number of hydrogen-bond donors (Lipinski definition) is 2. The predicted molar refractivity (Wildman–Crippen MR) is 65.6 cm³/mol. The number of carbonyl (C=O) groups is 1. The second kappa shape index (κ2) is 4.70. The number of carboxylic acids is 1. The number of rotatable bonds is 5. The van der Waals surface area contributed by atoms with E-state index in [1.165, 1.54) is 12.1 Å². The molecule has 1 aromatic rings. The zero-order valence-electron chi connectivity index (χ0n) is 9.96. The minimum absolute atomic E-state index is 0.0808. The molecule has 5 nitrogen and oxygen atoms in total. The Kier molecular flexibility index (Phi) is 3.41. The van der Waals surface area contributed by atoms with Gasteiger partial charge in [-0.1, -0.05) is 17.7 Å². The quantitative estimate of drug-likeness (QED) is 0.839. The summed E-state index contributed by atoms with van der Waals surface area (Å²) in [5, 5.41) is 9.01. The number of aliphatic carboxylic acids is 1. The summed E-state index contributed by atoms with van der Waals surface area (Å²) >= 11 is 0. The van der Waals surface area contributed by atoms with Crippen LogP contribution in [0.25, 0.3) is 0 Å². The Hall–Kier alpha value is -1.40. The van der Waals surface area contributed by atoms with Gasteiger partial charge >= 0.3 is 5.97 Å². The summed E-state index contributed by atoms with van der Waals surface area (Å²) in [6, 6.07) is 5.30. The molecule has 0 bridgehead atoms. The summed E-state index contributed by atoms with van der Waals surface area (Å²) in [7, 11) is -3.76. The van der Waals surface area contributed by atoms with Gasteiger partial charge in [-0.25, -0.2) is 8.42 Å². The third-order valence-electron chi connectivity index (χ3n) is 2.97. The van der Waals surface area contributed by atoms with Crippen molar-refractivity contribution in [2.75, 3.05) is 0 Å². The first kappa shape index (κ1) is 13.0. The fraction of sp³-hybridized carbons (Fsp3) is 0.417. The average molecular weight is 269 g/mol. The highest BCUT2D eigenvalue weighted by Gasteiger charge is 2.39. The molecule has 0 aromatic heterocycles. The van der Waals surface area contributed by atoms with Crippen LogP contribution in [0.1, 0.15) is 18.4 Å².